The Morgan fingerprint density at radius 1 is 1.00 bits per heavy atom. The third-order valence-electron chi connectivity index (χ3n) is 5.22. The van der Waals surface area contributed by atoms with Gasteiger partial charge in [-0.15, -0.1) is 0 Å². The molecule has 11 heteroatoms. The highest BCUT2D eigenvalue weighted by molar-refractivity contribution is 6.07. The number of aromatic nitrogens is 5. The first-order valence-electron chi connectivity index (χ1n) is 10.4. The van der Waals surface area contributed by atoms with Gasteiger partial charge in [0.1, 0.15) is 22.9 Å². The molecule has 3 heterocycles. The lowest BCUT2D eigenvalue weighted by atomic mass is 10.1. The smallest absolute Gasteiger partial charge is 0.280 e. The van der Waals surface area contributed by atoms with Crippen molar-refractivity contribution >= 4 is 17.4 Å². The SMILES string of the molecule is O=C(Nc1ccn(Cc2cccc(F)c2)n1)c1cnn2c(C(F)F)cc(-c3ccc(F)cc3)nc12. The maximum atomic E-state index is 13.7. The number of nitrogens with one attached hydrogen (secondary N) is 1. The number of benzene rings is 2. The summed E-state index contributed by atoms with van der Waals surface area (Å²) in [5.74, 6) is -1.30. The summed E-state index contributed by atoms with van der Waals surface area (Å²) in [5, 5.41) is 10.8. The predicted octanol–water partition coefficient (Wildman–Crippen LogP) is 5.11. The number of carbonyl (C=O) groups is 1. The van der Waals surface area contributed by atoms with E-state index in [1.54, 1.807) is 24.4 Å². The zero-order chi connectivity index (χ0) is 24.5. The highest BCUT2D eigenvalue weighted by atomic mass is 19.3. The van der Waals surface area contributed by atoms with E-state index in [-0.39, 0.29) is 35.1 Å². The van der Waals surface area contributed by atoms with Crippen molar-refractivity contribution in [2.75, 3.05) is 5.32 Å². The fourth-order valence-electron chi connectivity index (χ4n) is 3.59. The Morgan fingerprint density at radius 2 is 1.80 bits per heavy atom. The van der Waals surface area contributed by atoms with E-state index < -0.39 is 23.8 Å². The van der Waals surface area contributed by atoms with Crippen molar-refractivity contribution < 1.29 is 22.4 Å². The molecule has 2 aromatic carbocycles. The van der Waals surface area contributed by atoms with Crippen LogP contribution in [0.3, 0.4) is 0 Å². The molecule has 0 bridgehead atoms. The van der Waals surface area contributed by atoms with E-state index in [9.17, 15) is 22.4 Å². The number of hydrogen-bond acceptors (Lipinski definition) is 4. The molecule has 7 nitrogen and oxygen atoms in total. The van der Waals surface area contributed by atoms with Crippen LogP contribution >= 0.6 is 0 Å². The second-order valence-electron chi connectivity index (χ2n) is 7.65. The highest BCUT2D eigenvalue weighted by Gasteiger charge is 2.22. The molecular formula is C24H16F4N6O. The first-order valence-corrected chi connectivity index (χ1v) is 10.4. The van der Waals surface area contributed by atoms with Crippen molar-refractivity contribution in [3.8, 4) is 11.3 Å². The Hall–Kier alpha value is -4.54. The largest absolute Gasteiger partial charge is 0.305 e. The molecule has 35 heavy (non-hydrogen) atoms. The van der Waals surface area contributed by atoms with Gasteiger partial charge < -0.3 is 5.32 Å². The molecule has 1 amide bonds. The summed E-state index contributed by atoms with van der Waals surface area (Å²) >= 11 is 0. The van der Waals surface area contributed by atoms with E-state index in [0.717, 1.165) is 16.8 Å². The molecule has 3 aromatic heterocycles. The summed E-state index contributed by atoms with van der Waals surface area (Å²) in [4.78, 5) is 17.3. The minimum atomic E-state index is -2.89. The maximum Gasteiger partial charge on any atom is 0.280 e. The maximum absolute atomic E-state index is 13.7. The van der Waals surface area contributed by atoms with Crippen molar-refractivity contribution in [1.82, 2.24) is 24.4 Å². The number of alkyl halides is 2. The second kappa shape index (κ2) is 9.01. The molecule has 1 N–H and O–H groups in total. The fraction of sp³-hybridized carbons (Fsp3) is 0.0833. The summed E-state index contributed by atoms with van der Waals surface area (Å²) in [6.07, 6.45) is -0.146. The van der Waals surface area contributed by atoms with Gasteiger partial charge in [-0.05, 0) is 48.0 Å². The van der Waals surface area contributed by atoms with Crippen LogP contribution in [-0.4, -0.2) is 30.3 Å². The average molecular weight is 480 g/mol. The van der Waals surface area contributed by atoms with Gasteiger partial charge in [0.25, 0.3) is 12.3 Å². The first kappa shape index (κ1) is 22.3. The Bertz CT molecular complexity index is 1530. The molecule has 0 unspecified atom stereocenters. The van der Waals surface area contributed by atoms with E-state index in [2.05, 4.69) is 20.5 Å². The van der Waals surface area contributed by atoms with Crippen LogP contribution in [0.5, 0.6) is 0 Å². The summed E-state index contributed by atoms with van der Waals surface area (Å²) in [5.41, 5.74) is 0.633. The first-order chi connectivity index (χ1) is 16.9. The Morgan fingerprint density at radius 3 is 2.54 bits per heavy atom. The van der Waals surface area contributed by atoms with Gasteiger partial charge in [-0.1, -0.05) is 12.1 Å². The minimum Gasteiger partial charge on any atom is -0.305 e. The van der Waals surface area contributed by atoms with Gasteiger partial charge in [0.2, 0.25) is 0 Å². The molecule has 0 atom stereocenters. The molecule has 0 saturated heterocycles. The van der Waals surface area contributed by atoms with Crippen LogP contribution in [0.25, 0.3) is 16.9 Å². The number of amides is 1. The van der Waals surface area contributed by atoms with Crippen molar-refractivity contribution in [2.45, 2.75) is 13.0 Å². The monoisotopic (exact) mass is 480 g/mol. The molecule has 0 fully saturated rings. The van der Waals surface area contributed by atoms with Crippen LogP contribution in [0.15, 0.2) is 73.1 Å². The summed E-state index contributed by atoms with van der Waals surface area (Å²) in [6, 6.07) is 13.9. The number of anilines is 1. The number of halogens is 4. The van der Waals surface area contributed by atoms with Crippen molar-refractivity contribution in [3.63, 3.8) is 0 Å². The molecule has 176 valence electrons. The minimum absolute atomic E-state index is 0.0458. The number of hydrogen-bond donors (Lipinski definition) is 1. The third-order valence-corrected chi connectivity index (χ3v) is 5.22. The Kier molecular flexibility index (Phi) is 5.73. The molecule has 0 radical (unpaired) electrons. The molecule has 0 aliphatic carbocycles. The van der Waals surface area contributed by atoms with Crippen LogP contribution in [-0.2, 0) is 6.54 Å². The zero-order valence-corrected chi connectivity index (χ0v) is 17.9. The molecular weight excluding hydrogens is 464 g/mol. The molecule has 0 spiro atoms. The van der Waals surface area contributed by atoms with Gasteiger partial charge >= 0.3 is 0 Å². The van der Waals surface area contributed by atoms with Crippen LogP contribution in [0.1, 0.15) is 28.0 Å². The number of carbonyl (C=O) groups excluding carboxylic acids is 1. The van der Waals surface area contributed by atoms with Gasteiger partial charge in [0.15, 0.2) is 11.5 Å². The van der Waals surface area contributed by atoms with Gasteiger partial charge in [-0.2, -0.15) is 10.2 Å². The summed E-state index contributed by atoms with van der Waals surface area (Å²) in [6.45, 7) is 0.282. The lowest BCUT2D eigenvalue weighted by Gasteiger charge is -2.08. The van der Waals surface area contributed by atoms with E-state index >= 15 is 0 Å². The lowest BCUT2D eigenvalue weighted by molar-refractivity contribution is 0.102. The van der Waals surface area contributed by atoms with Crippen LogP contribution in [0, 0.1) is 11.6 Å². The topological polar surface area (TPSA) is 77.1 Å². The van der Waals surface area contributed by atoms with Crippen LogP contribution in [0.2, 0.25) is 0 Å². The molecule has 5 rings (SSSR count). The molecule has 0 aliphatic heterocycles. The molecule has 5 aromatic rings. The average Bonchev–Trinajstić information content (AvgIpc) is 3.45. The lowest BCUT2D eigenvalue weighted by Crippen LogP contribution is -2.13. The van der Waals surface area contributed by atoms with Crippen LogP contribution in [0.4, 0.5) is 23.4 Å². The molecule has 0 saturated carbocycles. The van der Waals surface area contributed by atoms with E-state index in [4.69, 9.17) is 0 Å². The van der Waals surface area contributed by atoms with Gasteiger partial charge in [-0.3, -0.25) is 9.48 Å². The quantitative estimate of drug-likeness (QED) is 0.343. The number of rotatable bonds is 6. The normalized spacial score (nSPS) is 11.3. The summed E-state index contributed by atoms with van der Waals surface area (Å²) < 4.78 is 56.6. The number of nitrogens with zero attached hydrogens (tertiary/aromatic N) is 5. The third kappa shape index (κ3) is 4.60. The van der Waals surface area contributed by atoms with Crippen molar-refractivity contribution in [3.05, 3.63) is 102 Å². The zero-order valence-electron chi connectivity index (χ0n) is 17.9. The van der Waals surface area contributed by atoms with E-state index in [1.165, 1.54) is 41.1 Å². The predicted molar refractivity (Wildman–Crippen MR) is 119 cm³/mol. The summed E-state index contributed by atoms with van der Waals surface area (Å²) in [7, 11) is 0. The molecule has 0 aliphatic rings. The van der Waals surface area contributed by atoms with Gasteiger partial charge in [0.05, 0.1) is 18.4 Å². The van der Waals surface area contributed by atoms with E-state index in [1.807, 2.05) is 0 Å². The second-order valence-corrected chi connectivity index (χ2v) is 7.65. The number of fused-ring (bicyclic) bond motifs is 1. The Labute approximate surface area is 195 Å². The van der Waals surface area contributed by atoms with Crippen LogP contribution < -0.4 is 5.32 Å². The fourth-order valence-corrected chi connectivity index (χ4v) is 3.59. The van der Waals surface area contributed by atoms with E-state index in [0.29, 0.717) is 11.1 Å². The Balaban J connectivity index is 1.44. The van der Waals surface area contributed by atoms with Gasteiger partial charge in [0, 0.05) is 17.8 Å². The van der Waals surface area contributed by atoms with Crippen molar-refractivity contribution in [1.29, 1.82) is 0 Å². The van der Waals surface area contributed by atoms with Gasteiger partial charge in [-0.25, -0.2) is 27.1 Å². The highest BCUT2D eigenvalue weighted by Crippen LogP contribution is 2.27. The standard InChI is InChI=1S/C24H16F4N6O/c25-16-6-4-15(5-7-16)19-11-20(22(27)28)34-23(30-19)18(12-29-34)24(35)31-21-8-9-33(32-21)13-14-2-1-3-17(26)10-14/h1-12,22H,13H2,(H,31,32,35). The van der Waals surface area contributed by atoms with Crippen molar-refractivity contribution in [2.24, 2.45) is 0 Å².